The number of fused-ring (bicyclic) bond motifs is 1. The first-order valence-corrected chi connectivity index (χ1v) is 10.4. The number of carbonyl (C=O) groups is 2. The molecule has 0 atom stereocenters. The van der Waals surface area contributed by atoms with Crippen molar-refractivity contribution in [3.05, 3.63) is 54.4 Å². The third-order valence-corrected chi connectivity index (χ3v) is 6.06. The molecule has 0 bridgehead atoms. The minimum absolute atomic E-state index is 0.0523. The van der Waals surface area contributed by atoms with E-state index in [4.69, 9.17) is 4.74 Å². The Hall–Kier alpha value is -3.39. The van der Waals surface area contributed by atoms with Crippen LogP contribution in [0, 0.1) is 0 Å². The Balaban J connectivity index is 1.26. The summed E-state index contributed by atoms with van der Waals surface area (Å²) in [4.78, 5) is 33.2. The first kappa shape index (κ1) is 19.6. The molecule has 1 aromatic carbocycles. The van der Waals surface area contributed by atoms with Crippen molar-refractivity contribution in [3.63, 3.8) is 0 Å². The average molecular weight is 420 g/mol. The van der Waals surface area contributed by atoms with E-state index in [1.807, 2.05) is 53.2 Å². The van der Waals surface area contributed by atoms with E-state index in [1.54, 1.807) is 16.9 Å². The Labute approximate surface area is 179 Å². The number of piperazine rings is 1. The van der Waals surface area contributed by atoms with Gasteiger partial charge in [-0.25, -0.2) is 4.98 Å². The van der Waals surface area contributed by atoms with Crippen LogP contribution in [0.15, 0.2) is 48.8 Å². The summed E-state index contributed by atoms with van der Waals surface area (Å²) in [6.45, 7) is 1.85. The molecule has 160 valence electrons. The standard InChI is InChI=1S/C23H24N4O4/c1-31-18-6-7-20-24-19(15-27(20)14-18)16-2-4-17(5-3-16)21(28)25-10-12-26(13-11-25)22(29)23(30)8-9-23/h2-7,14-15,30H,8-13H2,1H3. The van der Waals surface area contributed by atoms with Crippen molar-refractivity contribution in [3.8, 4) is 17.0 Å². The molecule has 3 heterocycles. The van der Waals surface area contributed by atoms with Crippen molar-refractivity contribution in [1.29, 1.82) is 0 Å². The summed E-state index contributed by atoms with van der Waals surface area (Å²) in [6, 6.07) is 11.2. The van der Waals surface area contributed by atoms with Crippen molar-refractivity contribution in [2.75, 3.05) is 33.3 Å². The molecule has 5 rings (SSSR count). The second-order valence-electron chi connectivity index (χ2n) is 8.15. The molecule has 2 aliphatic rings. The number of aromatic nitrogens is 2. The molecule has 2 fully saturated rings. The van der Waals surface area contributed by atoms with Gasteiger partial charge in [0.2, 0.25) is 0 Å². The summed E-state index contributed by atoms with van der Waals surface area (Å²) in [5, 5.41) is 10.0. The minimum atomic E-state index is -1.15. The van der Waals surface area contributed by atoms with Crippen molar-refractivity contribution in [1.82, 2.24) is 19.2 Å². The van der Waals surface area contributed by atoms with Gasteiger partial charge in [0.25, 0.3) is 11.8 Å². The third-order valence-electron chi connectivity index (χ3n) is 6.06. The first-order chi connectivity index (χ1) is 15.0. The lowest BCUT2D eigenvalue weighted by Crippen LogP contribution is -2.53. The fraction of sp³-hybridized carbons (Fsp3) is 0.348. The van der Waals surface area contributed by atoms with Gasteiger partial charge in [0, 0.05) is 43.5 Å². The number of carbonyl (C=O) groups excluding carboxylic acids is 2. The van der Waals surface area contributed by atoms with E-state index in [2.05, 4.69) is 4.98 Å². The summed E-state index contributed by atoms with van der Waals surface area (Å²) in [7, 11) is 1.63. The molecule has 1 N–H and O–H groups in total. The van der Waals surface area contributed by atoms with Crippen LogP contribution in [0.4, 0.5) is 0 Å². The lowest BCUT2D eigenvalue weighted by molar-refractivity contribution is -0.143. The number of ether oxygens (including phenoxy) is 1. The van der Waals surface area contributed by atoms with Crippen molar-refractivity contribution >= 4 is 17.5 Å². The van der Waals surface area contributed by atoms with Crippen LogP contribution in [0.5, 0.6) is 5.75 Å². The quantitative estimate of drug-likeness (QED) is 0.696. The molecule has 1 saturated carbocycles. The summed E-state index contributed by atoms with van der Waals surface area (Å²) in [6.07, 6.45) is 4.88. The van der Waals surface area contributed by atoms with Crippen molar-refractivity contribution in [2.45, 2.75) is 18.4 Å². The van der Waals surface area contributed by atoms with Gasteiger partial charge in [-0.15, -0.1) is 0 Å². The molecule has 1 aliphatic heterocycles. The van der Waals surface area contributed by atoms with E-state index in [0.717, 1.165) is 22.7 Å². The fourth-order valence-corrected chi connectivity index (χ4v) is 3.94. The predicted octanol–water partition coefficient (Wildman–Crippen LogP) is 1.82. The molecule has 31 heavy (non-hydrogen) atoms. The van der Waals surface area contributed by atoms with Crippen LogP contribution in [-0.4, -0.2) is 75.0 Å². The lowest BCUT2D eigenvalue weighted by atomic mass is 10.1. The average Bonchev–Trinajstić information content (AvgIpc) is 3.42. The van der Waals surface area contributed by atoms with E-state index in [0.29, 0.717) is 44.6 Å². The second-order valence-corrected chi connectivity index (χ2v) is 8.15. The van der Waals surface area contributed by atoms with E-state index in [9.17, 15) is 14.7 Å². The summed E-state index contributed by atoms with van der Waals surface area (Å²) >= 11 is 0. The number of benzene rings is 1. The van der Waals surface area contributed by atoms with E-state index >= 15 is 0 Å². The molecule has 1 aliphatic carbocycles. The van der Waals surface area contributed by atoms with Crippen LogP contribution >= 0.6 is 0 Å². The molecular weight excluding hydrogens is 396 g/mol. The van der Waals surface area contributed by atoms with E-state index in [-0.39, 0.29) is 11.8 Å². The molecule has 0 spiro atoms. The summed E-state index contributed by atoms with van der Waals surface area (Å²) < 4.78 is 7.16. The Morgan fingerprint density at radius 1 is 0.968 bits per heavy atom. The predicted molar refractivity (Wildman–Crippen MR) is 114 cm³/mol. The molecule has 2 aromatic heterocycles. The van der Waals surface area contributed by atoms with Gasteiger partial charge in [-0.3, -0.25) is 9.59 Å². The number of hydrogen-bond donors (Lipinski definition) is 1. The third kappa shape index (κ3) is 3.63. The van der Waals surface area contributed by atoms with Crippen LogP contribution in [0.1, 0.15) is 23.2 Å². The topological polar surface area (TPSA) is 87.4 Å². The highest BCUT2D eigenvalue weighted by molar-refractivity contribution is 5.95. The normalized spacial score (nSPS) is 17.6. The number of hydrogen-bond acceptors (Lipinski definition) is 5. The Morgan fingerprint density at radius 2 is 1.65 bits per heavy atom. The highest BCUT2D eigenvalue weighted by Crippen LogP contribution is 2.37. The molecule has 1 saturated heterocycles. The monoisotopic (exact) mass is 420 g/mol. The van der Waals surface area contributed by atoms with Crippen LogP contribution < -0.4 is 4.74 Å². The van der Waals surface area contributed by atoms with Gasteiger partial charge >= 0.3 is 0 Å². The molecule has 3 aromatic rings. The molecule has 0 unspecified atom stereocenters. The van der Waals surface area contributed by atoms with Crippen LogP contribution in [-0.2, 0) is 4.79 Å². The SMILES string of the molecule is COc1ccc2nc(-c3ccc(C(=O)N4CCN(C(=O)C5(O)CC5)CC4)cc3)cn2c1. The minimum Gasteiger partial charge on any atom is -0.495 e. The molecular formula is C23H24N4O4. The van der Waals surface area contributed by atoms with Gasteiger partial charge in [-0.05, 0) is 37.1 Å². The summed E-state index contributed by atoms with van der Waals surface area (Å²) in [5.41, 5.74) is 2.02. The number of imidazole rings is 1. The maximum Gasteiger partial charge on any atom is 0.254 e. The zero-order valence-corrected chi connectivity index (χ0v) is 17.3. The highest BCUT2D eigenvalue weighted by Gasteiger charge is 2.50. The Morgan fingerprint density at radius 3 is 2.29 bits per heavy atom. The Kier molecular flexibility index (Phi) is 4.66. The summed E-state index contributed by atoms with van der Waals surface area (Å²) in [5.74, 6) is 0.503. The number of nitrogens with zero attached hydrogens (tertiary/aromatic N) is 4. The zero-order valence-electron chi connectivity index (χ0n) is 17.3. The zero-order chi connectivity index (χ0) is 21.6. The van der Waals surface area contributed by atoms with Gasteiger partial charge in [0.05, 0.1) is 19.0 Å². The van der Waals surface area contributed by atoms with Crippen molar-refractivity contribution < 1.29 is 19.4 Å². The second kappa shape index (κ2) is 7.39. The van der Waals surface area contributed by atoms with Gasteiger partial charge < -0.3 is 24.0 Å². The lowest BCUT2D eigenvalue weighted by Gasteiger charge is -2.35. The molecule has 8 nitrogen and oxygen atoms in total. The molecule has 2 amide bonds. The van der Waals surface area contributed by atoms with Gasteiger partial charge in [-0.1, -0.05) is 12.1 Å². The highest BCUT2D eigenvalue weighted by atomic mass is 16.5. The van der Waals surface area contributed by atoms with Gasteiger partial charge in [0.15, 0.2) is 0 Å². The maximum atomic E-state index is 12.9. The van der Waals surface area contributed by atoms with Crippen LogP contribution in [0.25, 0.3) is 16.9 Å². The van der Waals surface area contributed by atoms with Crippen LogP contribution in [0.2, 0.25) is 0 Å². The molecule has 0 radical (unpaired) electrons. The Bertz CT molecular complexity index is 1140. The molecule has 8 heteroatoms. The number of methoxy groups -OCH3 is 1. The van der Waals surface area contributed by atoms with Crippen molar-refractivity contribution in [2.24, 2.45) is 0 Å². The van der Waals surface area contributed by atoms with E-state index < -0.39 is 5.60 Å². The largest absolute Gasteiger partial charge is 0.495 e. The smallest absolute Gasteiger partial charge is 0.254 e. The fourth-order valence-electron chi connectivity index (χ4n) is 3.94. The van der Waals surface area contributed by atoms with E-state index in [1.165, 1.54) is 0 Å². The number of rotatable bonds is 4. The maximum absolute atomic E-state index is 12.9. The first-order valence-electron chi connectivity index (χ1n) is 10.4. The number of aliphatic hydroxyl groups is 1. The van der Waals surface area contributed by atoms with Crippen LogP contribution in [0.3, 0.4) is 0 Å². The number of amides is 2. The number of pyridine rings is 1. The van der Waals surface area contributed by atoms with Gasteiger partial charge in [-0.2, -0.15) is 0 Å². The van der Waals surface area contributed by atoms with Gasteiger partial charge in [0.1, 0.15) is 17.0 Å².